The average Bonchev–Trinajstić information content (AvgIpc) is 2.60. The average molecular weight is 343 g/mol. The van der Waals surface area contributed by atoms with Gasteiger partial charge in [-0.05, 0) is 16.7 Å². The van der Waals surface area contributed by atoms with Crippen LogP contribution in [0.2, 0.25) is 0 Å². The number of nitro benzene ring substituents is 1. The second-order valence-electron chi connectivity index (χ2n) is 5.15. The van der Waals surface area contributed by atoms with Gasteiger partial charge in [-0.2, -0.15) is 0 Å². The van der Waals surface area contributed by atoms with Crippen molar-refractivity contribution >= 4 is 17.2 Å². The van der Waals surface area contributed by atoms with Gasteiger partial charge in [-0.25, -0.2) is 4.79 Å². The van der Waals surface area contributed by atoms with Crippen molar-refractivity contribution < 1.29 is 24.3 Å². The second kappa shape index (κ2) is 8.60. The van der Waals surface area contributed by atoms with E-state index in [1.54, 1.807) is 36.4 Å². The highest BCUT2D eigenvalue weighted by molar-refractivity contribution is 6.15. The van der Waals surface area contributed by atoms with Crippen molar-refractivity contribution in [1.82, 2.24) is 0 Å². The maximum absolute atomic E-state index is 11.4. The van der Waals surface area contributed by atoms with Gasteiger partial charge in [0, 0.05) is 12.1 Å². The summed E-state index contributed by atoms with van der Waals surface area (Å²) in [5.74, 6) is -1.10. The van der Waals surface area contributed by atoms with E-state index >= 15 is 0 Å². The minimum atomic E-state index is -1.10. The van der Waals surface area contributed by atoms with E-state index in [-0.39, 0.29) is 24.5 Å². The van der Waals surface area contributed by atoms with Gasteiger partial charge in [0.2, 0.25) is 0 Å². The number of benzene rings is 2. The summed E-state index contributed by atoms with van der Waals surface area (Å²) in [6, 6.07) is 13.1. The third kappa shape index (κ3) is 4.89. The molecule has 2 aromatic carbocycles. The lowest BCUT2D eigenvalue weighted by Gasteiger charge is -2.11. The molecule has 0 aliphatic heterocycles. The maximum atomic E-state index is 11.4. The maximum Gasteiger partial charge on any atom is 0.339 e. The van der Waals surface area contributed by atoms with E-state index < -0.39 is 10.9 Å². The van der Waals surface area contributed by atoms with Gasteiger partial charge < -0.3 is 14.6 Å². The first-order valence-corrected chi connectivity index (χ1v) is 7.38. The third-order valence-corrected chi connectivity index (χ3v) is 3.42. The minimum Gasteiger partial charge on any atom is -0.503 e. The first-order valence-electron chi connectivity index (χ1n) is 7.38. The number of hydrogen-bond donors (Lipinski definition) is 1. The summed E-state index contributed by atoms with van der Waals surface area (Å²) >= 11 is 0. The zero-order valence-electron chi connectivity index (χ0n) is 13.5. The molecule has 7 nitrogen and oxygen atoms in total. The number of hydrogen-bond acceptors (Lipinski definition) is 5. The van der Waals surface area contributed by atoms with Crippen LogP contribution in [-0.4, -0.2) is 23.1 Å². The predicted molar refractivity (Wildman–Crippen MR) is 90.7 cm³/mol. The summed E-state index contributed by atoms with van der Waals surface area (Å²) in [6.07, 6.45) is 1.17. The quantitative estimate of drug-likeness (QED) is 0.341. The minimum absolute atomic E-state index is 0.00214. The van der Waals surface area contributed by atoms with Crippen molar-refractivity contribution in [2.45, 2.75) is 13.2 Å². The summed E-state index contributed by atoms with van der Waals surface area (Å²) in [6.45, 7) is 0.333. The molecule has 0 radical (unpaired) electrons. The second-order valence-corrected chi connectivity index (χ2v) is 5.15. The number of non-ortho nitro benzene ring substituents is 1. The molecule has 0 atom stereocenters. The van der Waals surface area contributed by atoms with Crippen LogP contribution in [0.25, 0.3) is 5.57 Å². The van der Waals surface area contributed by atoms with Crippen LogP contribution in [0.3, 0.4) is 0 Å². The number of rotatable bonds is 8. The van der Waals surface area contributed by atoms with E-state index in [4.69, 9.17) is 9.47 Å². The van der Waals surface area contributed by atoms with Gasteiger partial charge in [0.15, 0.2) is 0 Å². The van der Waals surface area contributed by atoms with Gasteiger partial charge in [0.05, 0.1) is 31.5 Å². The van der Waals surface area contributed by atoms with Crippen molar-refractivity contribution in [1.29, 1.82) is 0 Å². The lowest BCUT2D eigenvalue weighted by molar-refractivity contribution is -0.385. The fourth-order valence-electron chi connectivity index (χ4n) is 2.29. The first kappa shape index (κ1) is 18.2. The van der Waals surface area contributed by atoms with Gasteiger partial charge in [-0.3, -0.25) is 10.1 Å². The summed E-state index contributed by atoms with van der Waals surface area (Å²) < 4.78 is 10.4. The molecule has 7 heteroatoms. The van der Waals surface area contributed by atoms with Gasteiger partial charge in [0.1, 0.15) is 5.57 Å². The van der Waals surface area contributed by atoms with Crippen LogP contribution in [0.1, 0.15) is 16.7 Å². The lowest BCUT2D eigenvalue weighted by atomic mass is 10.0. The predicted octanol–water partition coefficient (Wildman–Crippen LogP) is 3.38. The Kier molecular flexibility index (Phi) is 6.25. The number of carboxylic acids is 1. The van der Waals surface area contributed by atoms with Crippen LogP contribution >= 0.6 is 0 Å². The Morgan fingerprint density at radius 2 is 1.96 bits per heavy atom. The molecule has 130 valence electrons. The van der Waals surface area contributed by atoms with Crippen molar-refractivity contribution in [3.63, 3.8) is 0 Å². The number of methoxy groups -OCH3 is 1. The highest BCUT2D eigenvalue weighted by Gasteiger charge is 2.15. The molecule has 0 aliphatic carbocycles. The fourth-order valence-corrected chi connectivity index (χ4v) is 2.29. The third-order valence-electron chi connectivity index (χ3n) is 3.42. The first-order chi connectivity index (χ1) is 12.0. The van der Waals surface area contributed by atoms with Crippen LogP contribution in [0, 0.1) is 10.1 Å². The SMILES string of the molecule is CO/C=C(/C(=O)O)c1ccccc1COCc1cccc([N+](=O)[O-])c1. The van der Waals surface area contributed by atoms with E-state index in [1.807, 2.05) is 0 Å². The van der Waals surface area contributed by atoms with Crippen LogP contribution in [-0.2, 0) is 27.5 Å². The summed E-state index contributed by atoms with van der Waals surface area (Å²) in [4.78, 5) is 21.7. The lowest BCUT2D eigenvalue weighted by Crippen LogP contribution is -2.05. The van der Waals surface area contributed by atoms with Crippen molar-refractivity contribution in [2.75, 3.05) is 7.11 Å². The van der Waals surface area contributed by atoms with E-state index in [2.05, 4.69) is 0 Å². The van der Waals surface area contributed by atoms with Crippen molar-refractivity contribution in [3.8, 4) is 0 Å². The Labute approximate surface area is 144 Å². The monoisotopic (exact) mass is 343 g/mol. The molecule has 0 bridgehead atoms. The molecule has 0 saturated heterocycles. The molecule has 2 rings (SSSR count). The Morgan fingerprint density at radius 1 is 1.20 bits per heavy atom. The number of ether oxygens (including phenoxy) is 2. The largest absolute Gasteiger partial charge is 0.503 e. The topological polar surface area (TPSA) is 98.9 Å². The Hall–Kier alpha value is -3.19. The van der Waals surface area contributed by atoms with Crippen LogP contribution in [0.4, 0.5) is 5.69 Å². The molecule has 0 aromatic heterocycles. The molecule has 0 unspecified atom stereocenters. The zero-order valence-corrected chi connectivity index (χ0v) is 13.5. The highest BCUT2D eigenvalue weighted by atomic mass is 16.6. The number of carboxylic acid groups (broad SMARTS) is 1. The van der Waals surface area contributed by atoms with E-state index in [9.17, 15) is 20.0 Å². The molecule has 0 aliphatic rings. The van der Waals surface area contributed by atoms with Crippen LogP contribution in [0.5, 0.6) is 0 Å². The summed E-state index contributed by atoms with van der Waals surface area (Å²) in [7, 11) is 1.38. The van der Waals surface area contributed by atoms with Crippen molar-refractivity contribution in [2.24, 2.45) is 0 Å². The van der Waals surface area contributed by atoms with Gasteiger partial charge >= 0.3 is 5.97 Å². The summed E-state index contributed by atoms with van der Waals surface area (Å²) in [5, 5.41) is 20.1. The molecule has 0 amide bonds. The normalized spacial score (nSPS) is 11.2. The molecule has 0 saturated carbocycles. The molecule has 1 N–H and O–H groups in total. The number of aliphatic carboxylic acids is 1. The molecule has 25 heavy (non-hydrogen) atoms. The van der Waals surface area contributed by atoms with E-state index in [0.717, 1.165) is 0 Å². The standard InChI is InChI=1S/C18H17NO6/c1-24-12-17(18(20)21)16-8-3-2-6-14(16)11-25-10-13-5-4-7-15(9-13)19(22)23/h2-9,12H,10-11H2,1H3,(H,20,21)/b17-12+. The molecule has 0 heterocycles. The van der Waals surface area contributed by atoms with E-state index in [1.165, 1.54) is 25.5 Å². The van der Waals surface area contributed by atoms with Crippen molar-refractivity contribution in [3.05, 3.63) is 81.6 Å². The molecule has 2 aromatic rings. The number of nitro groups is 1. The van der Waals surface area contributed by atoms with Gasteiger partial charge in [-0.15, -0.1) is 0 Å². The number of carbonyl (C=O) groups is 1. The smallest absolute Gasteiger partial charge is 0.339 e. The van der Waals surface area contributed by atoms with Gasteiger partial charge in [0.25, 0.3) is 5.69 Å². The summed E-state index contributed by atoms with van der Waals surface area (Å²) in [5.41, 5.74) is 1.86. The molecule has 0 fully saturated rings. The zero-order chi connectivity index (χ0) is 18.2. The Morgan fingerprint density at radius 3 is 2.64 bits per heavy atom. The molecule has 0 spiro atoms. The molecular weight excluding hydrogens is 326 g/mol. The molecular formula is C18H17NO6. The van der Waals surface area contributed by atoms with E-state index in [0.29, 0.717) is 16.7 Å². The number of nitrogens with zero attached hydrogens (tertiary/aromatic N) is 1. The Balaban J connectivity index is 2.11. The fraction of sp³-hybridized carbons (Fsp3) is 0.167. The highest BCUT2D eigenvalue weighted by Crippen LogP contribution is 2.21. The van der Waals surface area contributed by atoms with Crippen LogP contribution < -0.4 is 0 Å². The van der Waals surface area contributed by atoms with Gasteiger partial charge in [-0.1, -0.05) is 36.4 Å². The Bertz CT molecular complexity index is 800. The van der Waals surface area contributed by atoms with Crippen LogP contribution in [0.15, 0.2) is 54.8 Å².